The van der Waals surface area contributed by atoms with Crippen LogP contribution < -0.4 is 9.47 Å². The van der Waals surface area contributed by atoms with Crippen molar-refractivity contribution in [1.82, 2.24) is 0 Å². The second-order valence-corrected chi connectivity index (χ2v) is 5.69. The molecule has 0 unspecified atom stereocenters. The van der Waals surface area contributed by atoms with Gasteiger partial charge in [-0.1, -0.05) is 30.3 Å². The van der Waals surface area contributed by atoms with Gasteiger partial charge in [-0.15, -0.1) is 0 Å². The van der Waals surface area contributed by atoms with Crippen molar-refractivity contribution in [2.75, 3.05) is 6.61 Å². The first-order chi connectivity index (χ1) is 11.2. The third-order valence-corrected chi connectivity index (χ3v) is 3.95. The molecule has 120 valence electrons. The predicted molar refractivity (Wildman–Crippen MR) is 87.0 cm³/mol. The molecule has 0 amide bonds. The minimum Gasteiger partial charge on any atom is -0.493 e. The first-order valence-corrected chi connectivity index (χ1v) is 7.89. The lowest BCUT2D eigenvalue weighted by Gasteiger charge is -2.13. The Morgan fingerprint density at radius 1 is 1.22 bits per heavy atom. The van der Waals surface area contributed by atoms with E-state index in [0.717, 1.165) is 34.6 Å². The lowest BCUT2D eigenvalue weighted by molar-refractivity contribution is -0.137. The van der Waals surface area contributed by atoms with E-state index in [1.165, 1.54) is 0 Å². The Balaban J connectivity index is 1.74. The number of aryl methyl sites for hydroxylation is 1. The fourth-order valence-electron chi connectivity index (χ4n) is 2.74. The third-order valence-electron chi connectivity index (χ3n) is 3.95. The molecule has 1 aliphatic heterocycles. The molecule has 1 N–H and O–H groups in total. The first kappa shape index (κ1) is 15.4. The maximum absolute atomic E-state index is 10.7. The van der Waals surface area contributed by atoms with Crippen LogP contribution in [-0.4, -0.2) is 17.7 Å². The Labute approximate surface area is 135 Å². The fourth-order valence-corrected chi connectivity index (χ4v) is 2.74. The molecule has 4 heteroatoms. The van der Waals surface area contributed by atoms with Gasteiger partial charge in [0.25, 0.3) is 0 Å². The molecule has 0 atom stereocenters. The van der Waals surface area contributed by atoms with Gasteiger partial charge in [-0.3, -0.25) is 4.79 Å². The summed E-state index contributed by atoms with van der Waals surface area (Å²) in [6.45, 7) is 1.21. The summed E-state index contributed by atoms with van der Waals surface area (Å²) in [5.41, 5.74) is 3.29. The second-order valence-electron chi connectivity index (χ2n) is 5.69. The molecular weight excluding hydrogens is 292 g/mol. The van der Waals surface area contributed by atoms with E-state index in [1.807, 2.05) is 42.5 Å². The van der Waals surface area contributed by atoms with Crippen LogP contribution in [0.25, 0.3) is 0 Å². The summed E-state index contributed by atoms with van der Waals surface area (Å²) in [5, 5.41) is 8.81. The van der Waals surface area contributed by atoms with Crippen molar-refractivity contribution in [2.45, 2.75) is 32.3 Å². The predicted octanol–water partition coefficient (Wildman–Crippen LogP) is 3.61. The zero-order valence-electron chi connectivity index (χ0n) is 13.0. The maximum atomic E-state index is 10.7. The molecule has 2 aromatic carbocycles. The topological polar surface area (TPSA) is 55.8 Å². The number of carbonyl (C=O) groups is 1. The highest BCUT2D eigenvalue weighted by molar-refractivity contribution is 5.66. The monoisotopic (exact) mass is 312 g/mol. The van der Waals surface area contributed by atoms with E-state index in [1.54, 1.807) is 0 Å². The molecular formula is C19H20O4. The quantitative estimate of drug-likeness (QED) is 0.848. The SMILES string of the molecule is O=C(O)CCCc1cc2c(cc1OCc1ccccc1)CCO2. The number of carboxylic acid groups (broad SMARTS) is 1. The molecule has 23 heavy (non-hydrogen) atoms. The molecule has 1 aliphatic rings. The van der Waals surface area contributed by atoms with E-state index < -0.39 is 5.97 Å². The fraction of sp³-hybridized carbons (Fsp3) is 0.316. The van der Waals surface area contributed by atoms with Gasteiger partial charge < -0.3 is 14.6 Å². The molecule has 0 fully saturated rings. The maximum Gasteiger partial charge on any atom is 0.303 e. The summed E-state index contributed by atoms with van der Waals surface area (Å²) >= 11 is 0. The standard InChI is InChI=1S/C19H20O4/c20-19(21)8-4-7-15-11-17-16(9-10-22-17)12-18(15)23-13-14-5-2-1-3-6-14/h1-3,5-6,11-12H,4,7-10,13H2,(H,20,21). The Kier molecular flexibility index (Phi) is 4.81. The van der Waals surface area contributed by atoms with Crippen LogP contribution in [0.2, 0.25) is 0 Å². The molecule has 0 bridgehead atoms. The van der Waals surface area contributed by atoms with E-state index in [9.17, 15) is 4.79 Å². The summed E-state index contributed by atoms with van der Waals surface area (Å²) in [7, 11) is 0. The molecule has 0 saturated heterocycles. The molecule has 0 aliphatic carbocycles. The number of rotatable bonds is 7. The molecule has 0 radical (unpaired) electrons. The van der Waals surface area contributed by atoms with Crippen LogP contribution in [0.3, 0.4) is 0 Å². The third kappa shape index (κ3) is 4.03. The summed E-state index contributed by atoms with van der Waals surface area (Å²) in [4.78, 5) is 10.7. The summed E-state index contributed by atoms with van der Waals surface area (Å²) in [5.74, 6) is 0.972. The van der Waals surface area contributed by atoms with Crippen LogP contribution in [0.15, 0.2) is 42.5 Å². The molecule has 1 heterocycles. The number of carboxylic acids is 1. The van der Waals surface area contributed by atoms with E-state index in [2.05, 4.69) is 0 Å². The van der Waals surface area contributed by atoms with Gasteiger partial charge in [0.1, 0.15) is 18.1 Å². The van der Waals surface area contributed by atoms with Crippen LogP contribution in [0.4, 0.5) is 0 Å². The number of hydrogen-bond acceptors (Lipinski definition) is 3. The Morgan fingerprint density at radius 2 is 2.04 bits per heavy atom. The van der Waals surface area contributed by atoms with Crippen molar-refractivity contribution in [2.24, 2.45) is 0 Å². The molecule has 0 aromatic heterocycles. The smallest absolute Gasteiger partial charge is 0.303 e. The highest BCUT2D eigenvalue weighted by atomic mass is 16.5. The van der Waals surface area contributed by atoms with E-state index in [0.29, 0.717) is 26.1 Å². The van der Waals surface area contributed by atoms with Crippen molar-refractivity contribution in [3.8, 4) is 11.5 Å². The Hall–Kier alpha value is -2.49. The van der Waals surface area contributed by atoms with Crippen LogP contribution in [-0.2, 0) is 24.2 Å². The number of hydrogen-bond donors (Lipinski definition) is 1. The minimum absolute atomic E-state index is 0.163. The van der Waals surface area contributed by atoms with Gasteiger partial charge in [0.15, 0.2) is 0 Å². The number of fused-ring (bicyclic) bond motifs is 1. The Bertz CT molecular complexity index is 679. The number of aliphatic carboxylic acids is 1. The van der Waals surface area contributed by atoms with Crippen molar-refractivity contribution in [3.63, 3.8) is 0 Å². The van der Waals surface area contributed by atoms with Gasteiger partial charge in [-0.05, 0) is 36.1 Å². The number of benzene rings is 2. The van der Waals surface area contributed by atoms with Crippen molar-refractivity contribution >= 4 is 5.97 Å². The van der Waals surface area contributed by atoms with Crippen molar-refractivity contribution < 1.29 is 19.4 Å². The molecule has 0 saturated carbocycles. The summed E-state index contributed by atoms with van der Waals surface area (Å²) in [6, 6.07) is 14.1. The summed E-state index contributed by atoms with van der Waals surface area (Å²) in [6.07, 6.45) is 2.32. The van der Waals surface area contributed by atoms with Crippen molar-refractivity contribution in [3.05, 3.63) is 59.2 Å². The number of ether oxygens (including phenoxy) is 2. The molecule has 0 spiro atoms. The normalized spacial score (nSPS) is 12.5. The van der Waals surface area contributed by atoms with Crippen LogP contribution in [0.1, 0.15) is 29.5 Å². The van der Waals surface area contributed by atoms with Gasteiger partial charge in [-0.25, -0.2) is 0 Å². The lowest BCUT2D eigenvalue weighted by Crippen LogP contribution is -2.01. The van der Waals surface area contributed by atoms with Gasteiger partial charge in [-0.2, -0.15) is 0 Å². The van der Waals surface area contributed by atoms with Crippen molar-refractivity contribution in [1.29, 1.82) is 0 Å². The van der Waals surface area contributed by atoms with Gasteiger partial charge >= 0.3 is 5.97 Å². The van der Waals surface area contributed by atoms with E-state index in [-0.39, 0.29) is 6.42 Å². The first-order valence-electron chi connectivity index (χ1n) is 7.89. The highest BCUT2D eigenvalue weighted by Crippen LogP contribution is 2.34. The van der Waals surface area contributed by atoms with Crippen LogP contribution >= 0.6 is 0 Å². The van der Waals surface area contributed by atoms with E-state index in [4.69, 9.17) is 14.6 Å². The van der Waals surface area contributed by atoms with Gasteiger partial charge in [0, 0.05) is 18.4 Å². The molecule has 3 rings (SSSR count). The highest BCUT2D eigenvalue weighted by Gasteiger charge is 2.17. The minimum atomic E-state index is -0.769. The Morgan fingerprint density at radius 3 is 2.83 bits per heavy atom. The van der Waals surface area contributed by atoms with Crippen LogP contribution in [0, 0.1) is 0 Å². The second kappa shape index (κ2) is 7.18. The van der Waals surface area contributed by atoms with Gasteiger partial charge in [0.2, 0.25) is 0 Å². The average molecular weight is 312 g/mol. The lowest BCUT2D eigenvalue weighted by atomic mass is 10.0. The van der Waals surface area contributed by atoms with Gasteiger partial charge in [0.05, 0.1) is 6.61 Å². The zero-order valence-corrected chi connectivity index (χ0v) is 13.0. The molecule has 4 nitrogen and oxygen atoms in total. The largest absolute Gasteiger partial charge is 0.493 e. The van der Waals surface area contributed by atoms with E-state index >= 15 is 0 Å². The zero-order chi connectivity index (χ0) is 16.1. The van der Waals surface area contributed by atoms with Crippen LogP contribution in [0.5, 0.6) is 11.5 Å². The average Bonchev–Trinajstić information content (AvgIpc) is 3.00. The molecule has 2 aromatic rings. The summed E-state index contributed by atoms with van der Waals surface area (Å²) < 4.78 is 11.6.